The molecule has 0 radical (unpaired) electrons. The van der Waals surface area contributed by atoms with E-state index in [1.165, 1.54) is 0 Å². The summed E-state index contributed by atoms with van der Waals surface area (Å²) in [6.07, 6.45) is 0. The van der Waals surface area contributed by atoms with Crippen molar-refractivity contribution in [2.75, 3.05) is 0 Å². The zero-order chi connectivity index (χ0) is 2.00. The summed E-state index contributed by atoms with van der Waals surface area (Å²) in [5.74, 6) is 0. The fourth-order valence-electron chi connectivity index (χ4n) is 0. The fourth-order valence-corrected chi connectivity index (χ4v) is 0. The van der Waals surface area contributed by atoms with Gasteiger partial charge in [0.2, 0.25) is 0 Å². The van der Waals surface area contributed by atoms with Crippen LogP contribution in [0.4, 0.5) is 0 Å². The van der Waals surface area contributed by atoms with E-state index in [2.05, 4.69) is 0 Å². The predicted octanol–water partition coefficient (Wildman–Crippen LogP) is -2.32. The molecule has 0 saturated carbocycles. The smallest absolute Gasteiger partial charge is 0.512 e. The maximum absolute atomic E-state index is 6.25. The largest absolute Gasteiger partial charge is 1.00 e. The Morgan fingerprint density at radius 1 is 1.25 bits per heavy atom. The average molecular weight is 130 g/mol. The van der Waals surface area contributed by atoms with E-state index in [1.807, 2.05) is 0 Å². The first-order valence-electron chi connectivity index (χ1n) is 0.224. The molecule has 0 unspecified atom stereocenters. The maximum Gasteiger partial charge on any atom is 1.00 e. The minimum Gasteiger partial charge on any atom is -0.512 e. The van der Waals surface area contributed by atoms with E-state index < -0.39 is 0 Å². The van der Waals surface area contributed by atoms with Gasteiger partial charge in [-0.2, -0.15) is 0 Å². The van der Waals surface area contributed by atoms with Gasteiger partial charge < -0.3 is 11.8 Å². The summed E-state index contributed by atoms with van der Waals surface area (Å²) in [4.78, 5) is 0. The second-order valence-electron chi connectivity index (χ2n) is 0. The van der Waals surface area contributed by atoms with Crippen molar-refractivity contribution < 1.29 is 29.6 Å². The van der Waals surface area contributed by atoms with Crippen molar-refractivity contribution in [2.45, 2.75) is 0 Å². The summed E-state index contributed by atoms with van der Waals surface area (Å²) in [7, 11) is 0. The molecule has 1 nitrogen and oxygen atoms in total. The molecule has 0 rings (SSSR count). The molecule has 18 valence electrons. The Bertz CT molecular complexity index is 12.8. The molecule has 0 saturated heterocycles. The molecule has 0 N–H and O–H groups in total. The number of hydrogen-bond donors (Lipinski definition) is 0. The van der Waals surface area contributed by atoms with Crippen LogP contribution in [0.1, 0.15) is 0 Å². The zero-order valence-electron chi connectivity index (χ0n) is 2.36. The molecule has 0 aliphatic carbocycles. The molecule has 0 bridgehead atoms. The number of hydrogen-bond acceptors (Lipinski definition) is 1. The third kappa shape index (κ3) is 12.3. The van der Waals surface area contributed by atoms with Crippen LogP contribution >= 0.6 is 17.0 Å². The molecule has 0 aromatic rings. The standard InChI is InChI=1S/CN.BrH.Na/c1-2;;/h;1H;/q-1;;+1. The molecule has 0 spiro atoms. The normalized spacial score (nSPS) is 0.500. The molecule has 0 heterocycles. The van der Waals surface area contributed by atoms with Gasteiger partial charge in [-0.05, 0) is 0 Å². The van der Waals surface area contributed by atoms with Crippen molar-refractivity contribution in [3.8, 4) is 0 Å². The van der Waals surface area contributed by atoms with Gasteiger partial charge in [0.25, 0.3) is 0 Å². The van der Waals surface area contributed by atoms with Crippen molar-refractivity contribution >= 4 is 17.0 Å². The van der Waals surface area contributed by atoms with Crippen molar-refractivity contribution in [1.82, 2.24) is 0 Å². The summed E-state index contributed by atoms with van der Waals surface area (Å²) in [5, 5.41) is 6.25. The van der Waals surface area contributed by atoms with E-state index in [4.69, 9.17) is 11.8 Å². The number of halogens is 1. The van der Waals surface area contributed by atoms with Crippen LogP contribution in [0.2, 0.25) is 0 Å². The van der Waals surface area contributed by atoms with Crippen molar-refractivity contribution in [1.29, 1.82) is 5.26 Å². The second-order valence-corrected chi connectivity index (χ2v) is 0. The SMILES string of the molecule is Br.[C-]#N.[Na+]. The van der Waals surface area contributed by atoms with Crippen molar-refractivity contribution in [3.05, 3.63) is 6.57 Å². The van der Waals surface area contributed by atoms with Gasteiger partial charge in [-0.15, -0.1) is 17.0 Å². The van der Waals surface area contributed by atoms with Crippen molar-refractivity contribution in [3.63, 3.8) is 0 Å². The van der Waals surface area contributed by atoms with Crippen LogP contribution in [0.15, 0.2) is 0 Å². The number of rotatable bonds is 0. The van der Waals surface area contributed by atoms with Crippen LogP contribution < -0.4 is 29.6 Å². The first-order valence-corrected chi connectivity index (χ1v) is 0.224. The van der Waals surface area contributed by atoms with Gasteiger partial charge in [0, 0.05) is 0 Å². The Labute approximate surface area is 58.1 Å². The van der Waals surface area contributed by atoms with Crippen LogP contribution in [0.25, 0.3) is 0 Å². The molecule has 3 heteroatoms. The monoisotopic (exact) mass is 129 g/mol. The molecular weight excluding hydrogens is 129 g/mol. The first kappa shape index (κ1) is 20.2. The van der Waals surface area contributed by atoms with E-state index in [9.17, 15) is 0 Å². The minimum atomic E-state index is 0. The molecule has 0 fully saturated rings. The molecule has 4 heavy (non-hydrogen) atoms. The molecular formula is CHBrNNa. The predicted molar refractivity (Wildman–Crippen MR) is 15.3 cm³/mol. The van der Waals surface area contributed by atoms with Crippen LogP contribution in [-0.4, -0.2) is 0 Å². The van der Waals surface area contributed by atoms with E-state index in [0.29, 0.717) is 0 Å². The molecule has 0 aromatic heterocycles. The van der Waals surface area contributed by atoms with E-state index >= 15 is 0 Å². The summed E-state index contributed by atoms with van der Waals surface area (Å²) < 4.78 is 0. The Kier molecular flexibility index (Phi) is 188. The van der Waals surface area contributed by atoms with Crippen molar-refractivity contribution in [2.24, 2.45) is 0 Å². The van der Waals surface area contributed by atoms with Gasteiger partial charge in [-0.3, -0.25) is 0 Å². The molecule has 0 aromatic carbocycles. The van der Waals surface area contributed by atoms with E-state index in [0.717, 1.165) is 0 Å². The van der Waals surface area contributed by atoms with Crippen LogP contribution in [0.3, 0.4) is 0 Å². The minimum absolute atomic E-state index is 0. The summed E-state index contributed by atoms with van der Waals surface area (Å²) in [6.45, 7) is 4.75. The first-order chi connectivity index (χ1) is 1.00. The fraction of sp³-hybridized carbons (Fsp3) is 0. The second kappa shape index (κ2) is 37.2. The van der Waals surface area contributed by atoms with Gasteiger partial charge >= 0.3 is 29.6 Å². The van der Waals surface area contributed by atoms with Gasteiger partial charge in [-0.1, -0.05) is 0 Å². The van der Waals surface area contributed by atoms with E-state index in [-0.39, 0.29) is 46.5 Å². The third-order valence-corrected chi connectivity index (χ3v) is 0. The summed E-state index contributed by atoms with van der Waals surface area (Å²) in [5.41, 5.74) is 0. The van der Waals surface area contributed by atoms with E-state index in [1.54, 1.807) is 0 Å². The van der Waals surface area contributed by atoms with Gasteiger partial charge in [0.1, 0.15) is 0 Å². The van der Waals surface area contributed by atoms with Crippen LogP contribution in [-0.2, 0) is 0 Å². The van der Waals surface area contributed by atoms with Crippen LogP contribution in [0.5, 0.6) is 0 Å². The molecule has 0 aliphatic rings. The maximum atomic E-state index is 6.25. The number of nitrogens with zero attached hydrogens (tertiary/aromatic N) is 1. The quantitative estimate of drug-likeness (QED) is 0.266. The zero-order valence-corrected chi connectivity index (χ0v) is 6.07. The molecule has 0 amide bonds. The Morgan fingerprint density at radius 2 is 1.25 bits per heavy atom. The summed E-state index contributed by atoms with van der Waals surface area (Å²) in [6, 6.07) is 0. The molecule has 0 atom stereocenters. The topological polar surface area (TPSA) is 23.8 Å². The summed E-state index contributed by atoms with van der Waals surface area (Å²) >= 11 is 0. The van der Waals surface area contributed by atoms with Gasteiger partial charge in [0.05, 0.1) is 0 Å². The Hall–Kier alpha value is 0.970. The average Bonchev–Trinajstić information content (AvgIpc) is 1.00. The Morgan fingerprint density at radius 3 is 1.25 bits per heavy atom. The molecule has 0 aliphatic heterocycles. The third-order valence-electron chi connectivity index (χ3n) is 0. The van der Waals surface area contributed by atoms with Crippen LogP contribution in [0, 0.1) is 11.8 Å². The van der Waals surface area contributed by atoms with Gasteiger partial charge in [0.15, 0.2) is 0 Å². The Balaban J connectivity index is -0.00000000500. The van der Waals surface area contributed by atoms with Gasteiger partial charge in [-0.25, -0.2) is 0 Å².